The monoisotopic (exact) mass is 304 g/mol. The number of rotatable bonds is 7. The van der Waals surface area contributed by atoms with Gasteiger partial charge in [0.05, 0.1) is 0 Å². The molecule has 122 valence electrons. The van der Waals surface area contributed by atoms with Crippen LogP contribution in [0.4, 0.5) is 0 Å². The number of hydrogen-bond donors (Lipinski definition) is 1. The normalized spacial score (nSPS) is 31.5. The van der Waals surface area contributed by atoms with Gasteiger partial charge in [-0.1, -0.05) is 23.1 Å². The SMILES string of the molecule is C=CCC(CC#CC1(O)CN2CCC1CC2)C/C=N/OCC. The first-order valence-corrected chi connectivity index (χ1v) is 8.37. The van der Waals surface area contributed by atoms with Gasteiger partial charge in [0.2, 0.25) is 0 Å². The molecule has 3 saturated heterocycles. The van der Waals surface area contributed by atoms with Crippen molar-refractivity contribution >= 4 is 6.21 Å². The van der Waals surface area contributed by atoms with E-state index in [4.69, 9.17) is 4.84 Å². The van der Waals surface area contributed by atoms with Crippen molar-refractivity contribution in [3.8, 4) is 11.8 Å². The van der Waals surface area contributed by atoms with Crippen molar-refractivity contribution in [2.45, 2.75) is 44.6 Å². The second kappa shape index (κ2) is 8.36. The number of piperidine rings is 3. The summed E-state index contributed by atoms with van der Waals surface area (Å²) in [7, 11) is 0. The van der Waals surface area contributed by atoms with E-state index in [0.717, 1.165) is 45.2 Å². The van der Waals surface area contributed by atoms with Crippen molar-refractivity contribution in [3.63, 3.8) is 0 Å². The van der Waals surface area contributed by atoms with Crippen molar-refractivity contribution in [1.29, 1.82) is 0 Å². The van der Waals surface area contributed by atoms with E-state index in [-0.39, 0.29) is 0 Å². The summed E-state index contributed by atoms with van der Waals surface area (Å²) < 4.78 is 0. The van der Waals surface area contributed by atoms with Crippen LogP contribution in [0.5, 0.6) is 0 Å². The standard InChI is InChI=1S/C18H28N2O2/c1-3-6-16(8-12-19-22-4-2)7-5-11-18(21)15-20-13-9-17(18)10-14-20/h3,12,16-17,21H,1,4,6-10,13-15H2,2H3/b19-12+. The van der Waals surface area contributed by atoms with Gasteiger partial charge in [0.25, 0.3) is 0 Å². The van der Waals surface area contributed by atoms with Gasteiger partial charge in [0.1, 0.15) is 12.2 Å². The van der Waals surface area contributed by atoms with Gasteiger partial charge >= 0.3 is 0 Å². The number of aliphatic hydroxyl groups is 1. The maximum atomic E-state index is 10.8. The molecule has 3 fully saturated rings. The third-order valence-corrected chi connectivity index (χ3v) is 4.64. The largest absolute Gasteiger partial charge is 0.396 e. The lowest BCUT2D eigenvalue weighted by Crippen LogP contribution is -2.58. The van der Waals surface area contributed by atoms with Crippen molar-refractivity contribution in [2.24, 2.45) is 17.0 Å². The predicted octanol–water partition coefficient (Wildman–Crippen LogP) is 2.44. The van der Waals surface area contributed by atoms with Gasteiger partial charge in [0, 0.05) is 25.1 Å². The minimum Gasteiger partial charge on any atom is -0.396 e. The molecule has 3 heterocycles. The Morgan fingerprint density at radius 3 is 2.82 bits per heavy atom. The lowest BCUT2D eigenvalue weighted by atomic mass is 9.75. The van der Waals surface area contributed by atoms with E-state index in [1.54, 1.807) is 0 Å². The third-order valence-electron chi connectivity index (χ3n) is 4.64. The lowest BCUT2D eigenvalue weighted by molar-refractivity contribution is -0.0713. The molecule has 0 radical (unpaired) electrons. The van der Waals surface area contributed by atoms with Gasteiger partial charge in [0.15, 0.2) is 0 Å². The van der Waals surface area contributed by atoms with Crippen LogP contribution in [0.2, 0.25) is 0 Å². The molecule has 0 aromatic rings. The first-order valence-electron chi connectivity index (χ1n) is 8.37. The molecule has 3 aliphatic rings. The highest BCUT2D eigenvalue weighted by molar-refractivity contribution is 5.56. The Balaban J connectivity index is 1.87. The summed E-state index contributed by atoms with van der Waals surface area (Å²) in [6.07, 6.45) is 8.37. The van der Waals surface area contributed by atoms with Gasteiger partial charge < -0.3 is 9.94 Å². The van der Waals surface area contributed by atoms with E-state index in [1.165, 1.54) is 0 Å². The van der Waals surface area contributed by atoms with Crippen LogP contribution in [0.3, 0.4) is 0 Å². The van der Waals surface area contributed by atoms with Gasteiger partial charge in [-0.3, -0.25) is 4.90 Å². The fraction of sp³-hybridized carbons (Fsp3) is 0.722. The molecule has 0 aromatic heterocycles. The summed E-state index contributed by atoms with van der Waals surface area (Å²) in [6.45, 7) is 9.25. The van der Waals surface area contributed by atoms with Crippen molar-refractivity contribution < 1.29 is 9.94 Å². The van der Waals surface area contributed by atoms with Crippen molar-refractivity contribution in [1.82, 2.24) is 4.90 Å². The molecule has 4 nitrogen and oxygen atoms in total. The first kappa shape index (κ1) is 17.1. The minimum atomic E-state index is -0.797. The Morgan fingerprint density at radius 1 is 1.45 bits per heavy atom. The van der Waals surface area contributed by atoms with Crippen LogP contribution >= 0.6 is 0 Å². The Morgan fingerprint density at radius 2 is 2.23 bits per heavy atom. The molecule has 22 heavy (non-hydrogen) atoms. The highest BCUT2D eigenvalue weighted by Crippen LogP contribution is 2.35. The summed E-state index contributed by atoms with van der Waals surface area (Å²) in [5, 5.41) is 14.7. The first-order chi connectivity index (χ1) is 10.7. The van der Waals surface area contributed by atoms with Crippen LogP contribution in [0.25, 0.3) is 0 Å². The molecule has 4 heteroatoms. The van der Waals surface area contributed by atoms with E-state index in [2.05, 4.69) is 28.5 Å². The molecule has 0 aliphatic carbocycles. The molecule has 2 bridgehead atoms. The molecular formula is C18H28N2O2. The zero-order valence-electron chi connectivity index (χ0n) is 13.6. The fourth-order valence-electron chi connectivity index (χ4n) is 3.35. The second-order valence-electron chi connectivity index (χ2n) is 6.31. The van der Waals surface area contributed by atoms with Crippen LogP contribution in [0.15, 0.2) is 17.8 Å². The van der Waals surface area contributed by atoms with Crippen molar-refractivity contribution in [2.75, 3.05) is 26.2 Å². The van der Waals surface area contributed by atoms with Gasteiger partial charge in [-0.25, -0.2) is 0 Å². The van der Waals surface area contributed by atoms with E-state index in [9.17, 15) is 5.11 Å². The molecule has 3 rings (SSSR count). The Hall–Kier alpha value is -1.31. The minimum absolute atomic E-state index is 0.349. The third kappa shape index (κ3) is 4.59. The van der Waals surface area contributed by atoms with Gasteiger partial charge in [-0.2, -0.15) is 0 Å². The molecule has 0 spiro atoms. The highest BCUT2D eigenvalue weighted by Gasteiger charge is 2.44. The molecule has 1 N–H and O–H groups in total. The Labute approximate surface area is 134 Å². The van der Waals surface area contributed by atoms with Crippen LogP contribution < -0.4 is 0 Å². The average Bonchev–Trinajstić information content (AvgIpc) is 2.52. The molecular weight excluding hydrogens is 276 g/mol. The molecule has 2 unspecified atom stereocenters. The number of nitrogens with zero attached hydrogens (tertiary/aromatic N) is 2. The zero-order chi connectivity index (χ0) is 15.8. The second-order valence-corrected chi connectivity index (χ2v) is 6.31. The van der Waals surface area contributed by atoms with Gasteiger partial charge in [-0.05, 0) is 51.6 Å². The molecule has 0 aromatic carbocycles. The van der Waals surface area contributed by atoms with E-state index >= 15 is 0 Å². The van der Waals surface area contributed by atoms with Gasteiger partial charge in [-0.15, -0.1) is 6.58 Å². The van der Waals surface area contributed by atoms with Crippen molar-refractivity contribution in [3.05, 3.63) is 12.7 Å². The fourth-order valence-corrected chi connectivity index (χ4v) is 3.35. The van der Waals surface area contributed by atoms with Crippen LogP contribution in [0.1, 0.15) is 39.0 Å². The molecule has 0 amide bonds. The predicted molar refractivity (Wildman–Crippen MR) is 89.5 cm³/mol. The molecule has 3 aliphatic heterocycles. The van der Waals surface area contributed by atoms with Crippen LogP contribution in [0, 0.1) is 23.7 Å². The number of oxime groups is 1. The molecule has 0 saturated carbocycles. The lowest BCUT2D eigenvalue weighted by Gasteiger charge is -2.47. The highest BCUT2D eigenvalue weighted by atomic mass is 16.6. The number of allylic oxidation sites excluding steroid dienone is 1. The van der Waals surface area contributed by atoms with Crippen LogP contribution in [-0.4, -0.2) is 48.1 Å². The maximum Gasteiger partial charge on any atom is 0.140 e. The zero-order valence-corrected chi connectivity index (χ0v) is 13.6. The quantitative estimate of drug-likeness (QED) is 0.340. The summed E-state index contributed by atoms with van der Waals surface area (Å²) >= 11 is 0. The summed E-state index contributed by atoms with van der Waals surface area (Å²) in [6, 6.07) is 0. The number of hydrogen-bond acceptors (Lipinski definition) is 4. The average molecular weight is 304 g/mol. The van der Waals surface area contributed by atoms with E-state index in [1.807, 2.05) is 19.2 Å². The topological polar surface area (TPSA) is 45.1 Å². The molecule has 2 atom stereocenters. The van der Waals surface area contributed by atoms with E-state index < -0.39 is 5.60 Å². The van der Waals surface area contributed by atoms with E-state index in [0.29, 0.717) is 25.0 Å². The summed E-state index contributed by atoms with van der Waals surface area (Å²) in [5.41, 5.74) is -0.797. The Kier molecular flexibility index (Phi) is 6.48. The summed E-state index contributed by atoms with van der Waals surface area (Å²) in [5.74, 6) is 7.14. The maximum absolute atomic E-state index is 10.8. The number of fused-ring (bicyclic) bond motifs is 3. The van der Waals surface area contributed by atoms with Crippen LogP contribution in [-0.2, 0) is 4.84 Å². The summed E-state index contributed by atoms with van der Waals surface area (Å²) in [4.78, 5) is 7.30. The smallest absolute Gasteiger partial charge is 0.140 e. The Bertz CT molecular complexity index is 444.